The Hall–Kier alpha value is -2.06. The van der Waals surface area contributed by atoms with Crippen LogP contribution in [0.15, 0.2) is 35.4 Å². The van der Waals surface area contributed by atoms with E-state index in [1.807, 2.05) is 6.92 Å². The van der Waals surface area contributed by atoms with E-state index < -0.39 is 10.0 Å². The highest BCUT2D eigenvalue weighted by atomic mass is 32.2. The normalized spacial score (nSPS) is 11.4. The summed E-state index contributed by atoms with van der Waals surface area (Å²) in [6.07, 6.45) is 1.80. The van der Waals surface area contributed by atoms with Gasteiger partial charge in [0.05, 0.1) is 26.5 Å². The smallest absolute Gasteiger partial charge is 0.244 e. The average molecular weight is 325 g/mol. The minimum Gasteiger partial charge on any atom is -0.497 e. The van der Waals surface area contributed by atoms with Crippen molar-refractivity contribution < 1.29 is 17.9 Å². The van der Waals surface area contributed by atoms with E-state index in [-0.39, 0.29) is 17.2 Å². The van der Waals surface area contributed by atoms with Gasteiger partial charge in [-0.3, -0.25) is 4.68 Å². The van der Waals surface area contributed by atoms with Crippen molar-refractivity contribution in [2.24, 2.45) is 0 Å². The number of hydrogen-bond acceptors (Lipinski definition) is 5. The molecule has 1 heterocycles. The molecule has 0 unspecified atom stereocenters. The third-order valence-electron chi connectivity index (χ3n) is 3.12. The van der Waals surface area contributed by atoms with Crippen LogP contribution in [0.5, 0.6) is 11.5 Å². The number of ether oxygens (including phenoxy) is 2. The number of rotatable bonds is 7. The molecule has 0 saturated heterocycles. The highest BCUT2D eigenvalue weighted by Crippen LogP contribution is 2.28. The minimum absolute atomic E-state index is 0.0609. The predicted molar refractivity (Wildman–Crippen MR) is 81.5 cm³/mol. The number of nitrogens with one attached hydrogen (secondary N) is 1. The van der Waals surface area contributed by atoms with Crippen LogP contribution in [0.1, 0.15) is 12.6 Å². The molecular weight excluding hydrogens is 306 g/mol. The molecule has 0 amide bonds. The van der Waals surface area contributed by atoms with E-state index in [0.717, 1.165) is 6.54 Å². The van der Waals surface area contributed by atoms with E-state index in [1.54, 1.807) is 23.0 Å². The molecule has 0 radical (unpaired) electrons. The summed E-state index contributed by atoms with van der Waals surface area (Å²) in [6.45, 7) is 2.81. The summed E-state index contributed by atoms with van der Waals surface area (Å²) in [5.41, 5.74) is 0.651. The number of sulfonamides is 1. The van der Waals surface area contributed by atoms with Gasteiger partial charge in [0, 0.05) is 18.8 Å². The maximum Gasteiger partial charge on any atom is 0.244 e. The van der Waals surface area contributed by atoms with Crippen molar-refractivity contribution in [1.29, 1.82) is 0 Å². The van der Waals surface area contributed by atoms with Gasteiger partial charge >= 0.3 is 0 Å². The topological polar surface area (TPSA) is 82.5 Å². The molecule has 0 aliphatic heterocycles. The fourth-order valence-corrected chi connectivity index (χ4v) is 3.07. The number of methoxy groups -OCH3 is 2. The van der Waals surface area contributed by atoms with E-state index in [9.17, 15) is 8.42 Å². The molecule has 1 N–H and O–H groups in total. The molecule has 120 valence electrons. The summed E-state index contributed by atoms with van der Waals surface area (Å²) in [7, 11) is -0.785. The number of hydrogen-bond donors (Lipinski definition) is 1. The van der Waals surface area contributed by atoms with Gasteiger partial charge in [0.2, 0.25) is 10.0 Å². The quantitative estimate of drug-likeness (QED) is 0.832. The van der Waals surface area contributed by atoms with E-state index in [4.69, 9.17) is 9.47 Å². The highest BCUT2D eigenvalue weighted by Gasteiger charge is 2.20. The first-order valence-electron chi connectivity index (χ1n) is 6.74. The zero-order valence-corrected chi connectivity index (χ0v) is 13.6. The van der Waals surface area contributed by atoms with Gasteiger partial charge in [-0.05, 0) is 25.1 Å². The minimum atomic E-state index is -3.70. The second-order valence-electron chi connectivity index (χ2n) is 4.50. The molecule has 0 fully saturated rings. The summed E-state index contributed by atoms with van der Waals surface area (Å²) >= 11 is 0. The van der Waals surface area contributed by atoms with Gasteiger partial charge in [0.1, 0.15) is 16.4 Å². The molecule has 2 aromatic rings. The molecule has 7 nitrogen and oxygen atoms in total. The highest BCUT2D eigenvalue weighted by molar-refractivity contribution is 7.89. The van der Waals surface area contributed by atoms with Crippen molar-refractivity contribution >= 4 is 10.0 Å². The van der Waals surface area contributed by atoms with Gasteiger partial charge in [0.25, 0.3) is 0 Å². The monoisotopic (exact) mass is 325 g/mol. The number of benzene rings is 1. The summed E-state index contributed by atoms with van der Waals surface area (Å²) in [5, 5.41) is 4.23. The lowest BCUT2D eigenvalue weighted by atomic mass is 10.3. The van der Waals surface area contributed by atoms with Gasteiger partial charge in [0.15, 0.2) is 0 Å². The second-order valence-corrected chi connectivity index (χ2v) is 6.24. The zero-order chi connectivity index (χ0) is 16.2. The van der Waals surface area contributed by atoms with E-state index in [0.29, 0.717) is 11.4 Å². The standard InChI is InChI=1S/C14H19N3O4S/c1-4-17-8-7-11(16-17)10-15-22(18,19)14-6-5-12(20-2)9-13(14)21-3/h5-9,15H,4,10H2,1-3H3. The van der Waals surface area contributed by atoms with Gasteiger partial charge in [-0.25, -0.2) is 13.1 Å². The molecule has 1 aromatic carbocycles. The fraction of sp³-hybridized carbons (Fsp3) is 0.357. The van der Waals surface area contributed by atoms with E-state index >= 15 is 0 Å². The lowest BCUT2D eigenvalue weighted by Gasteiger charge is -2.11. The Morgan fingerprint density at radius 2 is 2.00 bits per heavy atom. The number of aromatic nitrogens is 2. The molecule has 0 aliphatic rings. The summed E-state index contributed by atoms with van der Waals surface area (Å²) in [4.78, 5) is 0.0609. The molecule has 22 heavy (non-hydrogen) atoms. The van der Waals surface area contributed by atoms with Crippen molar-refractivity contribution in [1.82, 2.24) is 14.5 Å². The van der Waals surface area contributed by atoms with Crippen LogP contribution in [0.3, 0.4) is 0 Å². The second kappa shape index (κ2) is 6.80. The van der Waals surface area contributed by atoms with Crippen LogP contribution >= 0.6 is 0 Å². The first kappa shape index (κ1) is 16.3. The van der Waals surface area contributed by atoms with Gasteiger partial charge in [-0.2, -0.15) is 5.10 Å². The van der Waals surface area contributed by atoms with Crippen LogP contribution in [0.25, 0.3) is 0 Å². The number of aryl methyl sites for hydroxylation is 1. The largest absolute Gasteiger partial charge is 0.497 e. The van der Waals surface area contributed by atoms with Crippen LogP contribution in [-0.2, 0) is 23.1 Å². The van der Waals surface area contributed by atoms with Crippen LogP contribution in [0.4, 0.5) is 0 Å². The van der Waals surface area contributed by atoms with Gasteiger partial charge < -0.3 is 9.47 Å². The molecule has 2 rings (SSSR count). The van der Waals surface area contributed by atoms with Crippen molar-refractivity contribution in [3.05, 3.63) is 36.2 Å². The summed E-state index contributed by atoms with van der Waals surface area (Å²) < 4.78 is 39.2. The van der Waals surface area contributed by atoms with Crippen LogP contribution in [0, 0.1) is 0 Å². The summed E-state index contributed by atoms with van der Waals surface area (Å²) in [6, 6.07) is 6.32. The Labute approximate surface area is 129 Å². The molecule has 1 aromatic heterocycles. The van der Waals surface area contributed by atoms with Crippen LogP contribution < -0.4 is 14.2 Å². The first-order chi connectivity index (χ1) is 10.5. The van der Waals surface area contributed by atoms with Crippen LogP contribution in [0.2, 0.25) is 0 Å². The third-order valence-corrected chi connectivity index (χ3v) is 4.56. The van der Waals surface area contributed by atoms with Gasteiger partial charge in [-0.1, -0.05) is 0 Å². The molecule has 0 bridgehead atoms. The molecule has 0 saturated carbocycles. The zero-order valence-electron chi connectivity index (χ0n) is 12.7. The molecule has 8 heteroatoms. The van der Waals surface area contributed by atoms with Crippen LogP contribution in [-0.4, -0.2) is 32.4 Å². The van der Waals surface area contributed by atoms with E-state index in [1.165, 1.54) is 26.4 Å². The fourth-order valence-electron chi connectivity index (χ4n) is 1.92. The van der Waals surface area contributed by atoms with Crippen molar-refractivity contribution in [2.75, 3.05) is 14.2 Å². The maximum atomic E-state index is 12.4. The van der Waals surface area contributed by atoms with E-state index in [2.05, 4.69) is 9.82 Å². The predicted octanol–water partition coefficient (Wildman–Crippen LogP) is 1.40. The lowest BCUT2D eigenvalue weighted by Crippen LogP contribution is -2.24. The van der Waals surface area contributed by atoms with Crippen molar-refractivity contribution in [2.45, 2.75) is 24.9 Å². The lowest BCUT2D eigenvalue weighted by molar-refractivity contribution is 0.386. The molecular formula is C14H19N3O4S. The average Bonchev–Trinajstić information content (AvgIpc) is 3.00. The summed E-state index contributed by atoms with van der Waals surface area (Å²) in [5.74, 6) is 0.753. The molecule has 0 atom stereocenters. The Bertz CT molecular complexity index is 740. The Morgan fingerprint density at radius 3 is 2.59 bits per heavy atom. The van der Waals surface area contributed by atoms with Gasteiger partial charge in [-0.15, -0.1) is 0 Å². The van der Waals surface area contributed by atoms with Crippen molar-refractivity contribution in [3.63, 3.8) is 0 Å². The Balaban J connectivity index is 2.19. The third kappa shape index (κ3) is 3.58. The molecule has 0 aliphatic carbocycles. The number of nitrogens with zero attached hydrogens (tertiary/aromatic N) is 2. The Kier molecular flexibility index (Phi) is 5.04. The SMILES string of the molecule is CCn1ccc(CNS(=O)(=O)c2ccc(OC)cc2OC)n1. The Morgan fingerprint density at radius 1 is 1.23 bits per heavy atom. The maximum absolute atomic E-state index is 12.4. The first-order valence-corrected chi connectivity index (χ1v) is 8.22. The molecule has 0 spiro atoms. The van der Waals surface area contributed by atoms with Crippen molar-refractivity contribution in [3.8, 4) is 11.5 Å².